The summed E-state index contributed by atoms with van der Waals surface area (Å²) in [7, 11) is -2.39. The van der Waals surface area contributed by atoms with E-state index in [9.17, 15) is 8.42 Å². The van der Waals surface area contributed by atoms with Gasteiger partial charge in [-0.2, -0.15) is 4.98 Å². The molecule has 4 aromatic rings. The maximum absolute atomic E-state index is 13.3. The van der Waals surface area contributed by atoms with E-state index in [2.05, 4.69) is 26.2 Å². The van der Waals surface area contributed by atoms with E-state index in [1.807, 2.05) is 0 Å². The van der Waals surface area contributed by atoms with Gasteiger partial charge in [-0.3, -0.25) is 0 Å². The predicted molar refractivity (Wildman–Crippen MR) is 123 cm³/mol. The number of hydrogen-bond donors (Lipinski definition) is 1. The van der Waals surface area contributed by atoms with E-state index in [0.29, 0.717) is 22.0 Å². The molecule has 0 fully saturated rings. The molecule has 0 aliphatic heterocycles. The Morgan fingerprint density at radius 2 is 1.61 bits per heavy atom. The first-order valence-electron chi connectivity index (χ1n) is 9.05. The highest BCUT2D eigenvalue weighted by Gasteiger charge is 2.28. The minimum absolute atomic E-state index is 0.0102. The van der Waals surface area contributed by atoms with Crippen LogP contribution in [0.25, 0.3) is 11.5 Å². The van der Waals surface area contributed by atoms with E-state index in [0.717, 1.165) is 4.47 Å². The van der Waals surface area contributed by atoms with Crippen molar-refractivity contribution in [3.63, 3.8) is 0 Å². The molecule has 9 heteroatoms. The number of hydrogen-bond acceptors (Lipinski definition) is 6. The SMILES string of the molecule is COc1ccc(-c2nc(S(=O)(=O)c3ccc(Br)cc3)c(Nc3ccc(Cl)cc3)o2)cc1. The summed E-state index contributed by atoms with van der Waals surface area (Å²) < 4.78 is 38.5. The van der Waals surface area contributed by atoms with Crippen LogP contribution in [-0.2, 0) is 9.84 Å². The number of halogens is 2. The lowest BCUT2D eigenvalue weighted by atomic mass is 10.2. The Bertz CT molecular complexity index is 1300. The van der Waals surface area contributed by atoms with E-state index >= 15 is 0 Å². The zero-order valence-electron chi connectivity index (χ0n) is 16.2. The quantitative estimate of drug-likeness (QED) is 0.320. The van der Waals surface area contributed by atoms with Gasteiger partial charge in [0.2, 0.25) is 26.6 Å². The van der Waals surface area contributed by atoms with E-state index in [4.69, 9.17) is 20.8 Å². The largest absolute Gasteiger partial charge is 0.497 e. The highest BCUT2D eigenvalue weighted by molar-refractivity contribution is 9.10. The van der Waals surface area contributed by atoms with E-state index in [-0.39, 0.29) is 21.7 Å². The van der Waals surface area contributed by atoms with Crippen molar-refractivity contribution in [1.29, 1.82) is 0 Å². The van der Waals surface area contributed by atoms with Crippen LogP contribution >= 0.6 is 27.5 Å². The molecule has 0 spiro atoms. The first-order chi connectivity index (χ1) is 14.9. The fraction of sp³-hybridized carbons (Fsp3) is 0.0455. The van der Waals surface area contributed by atoms with Crippen LogP contribution in [0.1, 0.15) is 0 Å². The Morgan fingerprint density at radius 1 is 0.968 bits per heavy atom. The van der Waals surface area contributed by atoms with Gasteiger partial charge in [0.1, 0.15) is 5.75 Å². The minimum Gasteiger partial charge on any atom is -0.497 e. The number of ether oxygens (including phenoxy) is 1. The molecule has 3 aromatic carbocycles. The molecule has 1 aromatic heterocycles. The molecule has 31 heavy (non-hydrogen) atoms. The van der Waals surface area contributed by atoms with Crippen molar-refractivity contribution in [3.8, 4) is 17.2 Å². The number of benzene rings is 3. The predicted octanol–water partition coefficient (Wildman–Crippen LogP) is 6.34. The van der Waals surface area contributed by atoms with Crippen LogP contribution in [0.2, 0.25) is 5.02 Å². The molecular formula is C22H16BrClN2O4S. The summed E-state index contributed by atoms with van der Waals surface area (Å²) in [6, 6.07) is 20.1. The van der Waals surface area contributed by atoms with Crippen molar-refractivity contribution < 1.29 is 17.6 Å². The number of nitrogens with one attached hydrogen (secondary N) is 1. The zero-order chi connectivity index (χ0) is 22.0. The van der Waals surface area contributed by atoms with Crippen LogP contribution in [0, 0.1) is 0 Å². The second-order valence-corrected chi connectivity index (χ2v) is 9.69. The van der Waals surface area contributed by atoms with Crippen LogP contribution in [0.15, 0.2) is 91.6 Å². The van der Waals surface area contributed by atoms with Crippen molar-refractivity contribution in [3.05, 3.63) is 82.3 Å². The normalized spacial score (nSPS) is 11.3. The number of oxazole rings is 1. The summed E-state index contributed by atoms with van der Waals surface area (Å²) in [5.41, 5.74) is 1.21. The van der Waals surface area contributed by atoms with Crippen LogP contribution in [0.3, 0.4) is 0 Å². The fourth-order valence-electron chi connectivity index (χ4n) is 2.81. The van der Waals surface area contributed by atoms with E-state index in [1.54, 1.807) is 67.8 Å². The summed E-state index contributed by atoms with van der Waals surface area (Å²) in [5, 5.41) is 3.35. The Labute approximate surface area is 192 Å². The van der Waals surface area contributed by atoms with Gasteiger partial charge in [-0.1, -0.05) is 27.5 Å². The molecular weight excluding hydrogens is 504 g/mol. The number of aromatic nitrogens is 1. The van der Waals surface area contributed by atoms with Gasteiger partial charge in [0.15, 0.2) is 0 Å². The molecule has 0 radical (unpaired) electrons. The zero-order valence-corrected chi connectivity index (χ0v) is 19.3. The third kappa shape index (κ3) is 4.61. The lowest BCUT2D eigenvalue weighted by Crippen LogP contribution is -2.05. The number of anilines is 2. The van der Waals surface area contributed by atoms with Crippen LogP contribution in [-0.4, -0.2) is 20.5 Å². The Morgan fingerprint density at radius 3 is 2.23 bits per heavy atom. The first-order valence-corrected chi connectivity index (χ1v) is 11.7. The first kappa shape index (κ1) is 21.4. The third-order valence-corrected chi connectivity index (χ3v) is 6.87. The third-order valence-electron chi connectivity index (χ3n) is 4.41. The second-order valence-electron chi connectivity index (χ2n) is 6.47. The number of nitrogens with zero attached hydrogens (tertiary/aromatic N) is 1. The van der Waals surface area contributed by atoms with Gasteiger partial charge in [-0.25, -0.2) is 8.42 Å². The highest BCUT2D eigenvalue weighted by Crippen LogP contribution is 2.35. The lowest BCUT2D eigenvalue weighted by molar-refractivity contribution is 0.415. The van der Waals surface area contributed by atoms with Crippen LogP contribution < -0.4 is 10.1 Å². The molecule has 0 bridgehead atoms. The van der Waals surface area contributed by atoms with Crippen molar-refractivity contribution in [2.75, 3.05) is 12.4 Å². The molecule has 0 unspecified atom stereocenters. The van der Waals surface area contributed by atoms with Crippen molar-refractivity contribution in [2.24, 2.45) is 0 Å². The van der Waals surface area contributed by atoms with Crippen molar-refractivity contribution >= 4 is 48.9 Å². The minimum atomic E-state index is -3.95. The van der Waals surface area contributed by atoms with Crippen LogP contribution in [0.4, 0.5) is 11.6 Å². The van der Waals surface area contributed by atoms with Gasteiger partial charge in [0.05, 0.1) is 12.0 Å². The number of sulfone groups is 1. The standard InChI is InChI=1S/C22H16BrClN2O4S/c1-29-18-10-2-14(3-11-18)20-26-22(31(27,28)19-12-4-15(23)5-13-19)21(30-20)25-17-8-6-16(24)7-9-17/h2-13,25H,1H3. The number of methoxy groups -OCH3 is 1. The maximum atomic E-state index is 13.3. The van der Waals surface area contributed by atoms with Crippen molar-refractivity contribution in [2.45, 2.75) is 9.92 Å². The molecule has 1 N–H and O–H groups in total. The van der Waals surface area contributed by atoms with Crippen LogP contribution in [0.5, 0.6) is 5.75 Å². The van der Waals surface area contributed by atoms with Gasteiger partial charge in [-0.15, -0.1) is 0 Å². The maximum Gasteiger partial charge on any atom is 0.238 e. The Hall–Kier alpha value is -2.81. The average molecular weight is 520 g/mol. The number of rotatable bonds is 6. The molecule has 158 valence electrons. The molecule has 6 nitrogen and oxygen atoms in total. The average Bonchev–Trinajstić information content (AvgIpc) is 3.20. The van der Waals surface area contributed by atoms with E-state index < -0.39 is 9.84 Å². The van der Waals surface area contributed by atoms with Gasteiger partial charge in [0.25, 0.3) is 0 Å². The summed E-state index contributed by atoms with van der Waals surface area (Å²) in [5.74, 6) is 0.836. The smallest absolute Gasteiger partial charge is 0.238 e. The summed E-state index contributed by atoms with van der Waals surface area (Å²) in [4.78, 5) is 4.43. The topological polar surface area (TPSA) is 81.4 Å². The summed E-state index contributed by atoms with van der Waals surface area (Å²) in [6.45, 7) is 0. The summed E-state index contributed by atoms with van der Waals surface area (Å²) >= 11 is 9.26. The molecule has 0 aliphatic rings. The second kappa shape index (κ2) is 8.74. The molecule has 0 amide bonds. The Balaban J connectivity index is 1.81. The lowest BCUT2D eigenvalue weighted by Gasteiger charge is -2.06. The highest BCUT2D eigenvalue weighted by atomic mass is 79.9. The van der Waals surface area contributed by atoms with Gasteiger partial charge < -0.3 is 14.5 Å². The molecule has 4 rings (SSSR count). The molecule has 0 aliphatic carbocycles. The summed E-state index contributed by atoms with van der Waals surface area (Å²) in [6.07, 6.45) is 0. The molecule has 0 saturated heterocycles. The van der Waals surface area contributed by atoms with Gasteiger partial charge >= 0.3 is 0 Å². The Kier molecular flexibility index (Phi) is 6.04. The van der Waals surface area contributed by atoms with Gasteiger partial charge in [-0.05, 0) is 72.8 Å². The van der Waals surface area contributed by atoms with E-state index in [1.165, 1.54) is 12.1 Å². The molecule has 0 atom stereocenters. The van der Waals surface area contributed by atoms with Crippen molar-refractivity contribution in [1.82, 2.24) is 4.98 Å². The fourth-order valence-corrected chi connectivity index (χ4v) is 4.46. The molecule has 1 heterocycles. The molecule has 0 saturated carbocycles. The van der Waals surface area contributed by atoms with Gasteiger partial charge in [0, 0.05) is 20.7 Å². The monoisotopic (exact) mass is 518 g/mol.